The van der Waals surface area contributed by atoms with E-state index in [2.05, 4.69) is 22.1 Å². The first-order valence-corrected chi connectivity index (χ1v) is 10.7. The molecule has 1 aliphatic heterocycles. The Morgan fingerprint density at radius 3 is 2.68 bits per heavy atom. The molecule has 7 heteroatoms. The Morgan fingerprint density at radius 2 is 1.97 bits per heavy atom. The van der Waals surface area contributed by atoms with Crippen molar-refractivity contribution in [3.63, 3.8) is 0 Å². The van der Waals surface area contributed by atoms with Crippen LogP contribution in [0.2, 0.25) is 0 Å². The van der Waals surface area contributed by atoms with E-state index >= 15 is 0 Å². The van der Waals surface area contributed by atoms with Crippen molar-refractivity contribution in [2.24, 2.45) is 5.92 Å². The van der Waals surface area contributed by atoms with E-state index in [1.54, 1.807) is 12.4 Å². The lowest BCUT2D eigenvalue weighted by Crippen LogP contribution is -2.42. The monoisotopic (exact) mass is 420 g/mol. The Kier molecular flexibility index (Phi) is 5.76. The fraction of sp³-hybridized carbons (Fsp3) is 0.417. The largest absolute Gasteiger partial charge is 0.444 e. The lowest BCUT2D eigenvalue weighted by molar-refractivity contribution is 0.0184. The molecule has 0 aliphatic carbocycles. The molecular formula is C24H28N4O3. The van der Waals surface area contributed by atoms with Crippen LogP contribution in [0.3, 0.4) is 0 Å². The highest BCUT2D eigenvalue weighted by Gasteiger charge is 2.27. The van der Waals surface area contributed by atoms with Gasteiger partial charge in [0.1, 0.15) is 23.1 Å². The topological polar surface area (TPSA) is 77.3 Å². The van der Waals surface area contributed by atoms with E-state index in [0.717, 1.165) is 49.8 Å². The minimum Gasteiger partial charge on any atom is -0.444 e. The highest BCUT2D eigenvalue weighted by molar-refractivity contribution is 5.80. The summed E-state index contributed by atoms with van der Waals surface area (Å²) in [5.74, 6) is 0.522. The number of rotatable bonds is 4. The molecule has 3 aromatic rings. The van der Waals surface area contributed by atoms with Gasteiger partial charge in [-0.3, -0.25) is 9.36 Å². The van der Waals surface area contributed by atoms with Gasteiger partial charge in [0.2, 0.25) is 0 Å². The molecule has 1 saturated heterocycles. The molecule has 1 fully saturated rings. The van der Waals surface area contributed by atoms with E-state index in [4.69, 9.17) is 4.74 Å². The highest BCUT2D eigenvalue weighted by Crippen LogP contribution is 2.25. The zero-order chi connectivity index (χ0) is 22.0. The van der Waals surface area contributed by atoms with Crippen LogP contribution in [0.25, 0.3) is 16.9 Å². The van der Waals surface area contributed by atoms with Gasteiger partial charge in [-0.25, -0.2) is 14.8 Å². The Balaban J connectivity index is 1.43. The van der Waals surface area contributed by atoms with Crippen molar-refractivity contribution >= 4 is 23.5 Å². The molecule has 0 radical (unpaired) electrons. The molecule has 4 rings (SSSR count). The average molecular weight is 421 g/mol. The number of amides is 1. The van der Waals surface area contributed by atoms with Crippen molar-refractivity contribution in [2.45, 2.75) is 45.6 Å². The summed E-state index contributed by atoms with van der Waals surface area (Å²) in [6, 6.07) is 11.8. The summed E-state index contributed by atoms with van der Waals surface area (Å²) < 4.78 is 7.40. The second-order valence-corrected chi connectivity index (χ2v) is 9.10. The summed E-state index contributed by atoms with van der Waals surface area (Å²) in [5, 5.41) is 0. The maximum Gasteiger partial charge on any atom is 0.410 e. The Bertz CT molecular complexity index is 1090. The molecule has 0 bridgehead atoms. The smallest absolute Gasteiger partial charge is 0.410 e. The van der Waals surface area contributed by atoms with Gasteiger partial charge in [0, 0.05) is 18.8 Å². The van der Waals surface area contributed by atoms with Crippen molar-refractivity contribution in [1.29, 1.82) is 0 Å². The van der Waals surface area contributed by atoms with Gasteiger partial charge < -0.3 is 9.64 Å². The highest BCUT2D eigenvalue weighted by atomic mass is 16.6. The number of aldehydes is 1. The molecular weight excluding hydrogens is 392 g/mol. The van der Waals surface area contributed by atoms with E-state index in [0.29, 0.717) is 17.3 Å². The van der Waals surface area contributed by atoms with Crippen LogP contribution >= 0.6 is 0 Å². The summed E-state index contributed by atoms with van der Waals surface area (Å²) in [6.07, 6.45) is 5.14. The van der Waals surface area contributed by atoms with E-state index < -0.39 is 5.60 Å². The van der Waals surface area contributed by atoms with Gasteiger partial charge in [-0.2, -0.15) is 0 Å². The van der Waals surface area contributed by atoms with Crippen LogP contribution in [0.15, 0.2) is 42.7 Å². The predicted octanol–water partition coefficient (Wildman–Crippen LogP) is 4.42. The number of likely N-dealkylation sites (tertiary alicyclic amines) is 1. The summed E-state index contributed by atoms with van der Waals surface area (Å²) in [7, 11) is 0. The lowest BCUT2D eigenvalue weighted by atomic mass is 9.90. The third-order valence-corrected chi connectivity index (χ3v) is 5.52. The molecule has 0 spiro atoms. The van der Waals surface area contributed by atoms with Gasteiger partial charge in [0.15, 0.2) is 11.9 Å². The van der Waals surface area contributed by atoms with Gasteiger partial charge in [-0.15, -0.1) is 0 Å². The Labute approximate surface area is 182 Å². The van der Waals surface area contributed by atoms with Crippen LogP contribution in [0.1, 0.15) is 49.7 Å². The van der Waals surface area contributed by atoms with Gasteiger partial charge in [-0.05, 0) is 75.8 Å². The minimum absolute atomic E-state index is 0.220. The van der Waals surface area contributed by atoms with Gasteiger partial charge in [0.05, 0.1) is 0 Å². The van der Waals surface area contributed by atoms with E-state index in [-0.39, 0.29) is 6.09 Å². The summed E-state index contributed by atoms with van der Waals surface area (Å²) in [5.41, 5.74) is 3.57. The maximum absolute atomic E-state index is 12.3. The molecule has 162 valence electrons. The Morgan fingerprint density at radius 1 is 1.19 bits per heavy atom. The zero-order valence-corrected chi connectivity index (χ0v) is 18.2. The summed E-state index contributed by atoms with van der Waals surface area (Å²) in [4.78, 5) is 34.0. The number of carbonyl (C=O) groups excluding carboxylic acids is 2. The summed E-state index contributed by atoms with van der Waals surface area (Å²) >= 11 is 0. The van der Waals surface area contributed by atoms with Crippen LogP contribution in [0.4, 0.5) is 4.79 Å². The lowest BCUT2D eigenvalue weighted by Gasteiger charge is -2.33. The van der Waals surface area contributed by atoms with Crippen molar-refractivity contribution in [3.8, 4) is 5.69 Å². The first-order chi connectivity index (χ1) is 14.8. The molecule has 2 aromatic heterocycles. The fourth-order valence-corrected chi connectivity index (χ4v) is 3.98. The average Bonchev–Trinajstić information content (AvgIpc) is 3.16. The number of pyridine rings is 1. The van der Waals surface area contributed by atoms with E-state index in [1.807, 2.05) is 48.4 Å². The van der Waals surface area contributed by atoms with Crippen LogP contribution in [0, 0.1) is 5.92 Å². The number of fused-ring (bicyclic) bond motifs is 1. The number of carbonyl (C=O) groups is 2. The van der Waals surface area contributed by atoms with Gasteiger partial charge >= 0.3 is 6.09 Å². The van der Waals surface area contributed by atoms with Crippen LogP contribution < -0.4 is 0 Å². The molecule has 31 heavy (non-hydrogen) atoms. The number of hydrogen-bond donors (Lipinski definition) is 0. The number of ether oxygens (including phenoxy) is 1. The standard InChI is InChI=1S/C24H28N4O3/c1-24(2,3)31-23(30)27-11-9-17(10-12-27)13-18-5-4-6-20(14-18)28-16-25-21-8-7-19(15-29)26-22(21)28/h4-8,14-17H,9-13H2,1-3H3. The molecule has 0 unspecified atom stereocenters. The molecule has 3 heterocycles. The molecule has 1 aromatic carbocycles. The quantitative estimate of drug-likeness (QED) is 0.584. The fourth-order valence-electron chi connectivity index (χ4n) is 3.98. The third-order valence-electron chi connectivity index (χ3n) is 5.52. The molecule has 0 N–H and O–H groups in total. The number of imidazole rings is 1. The SMILES string of the molecule is CC(C)(C)OC(=O)N1CCC(Cc2cccc(-n3cnc4ccc(C=O)nc43)c2)CC1. The molecule has 1 aliphatic rings. The molecule has 0 atom stereocenters. The molecule has 0 saturated carbocycles. The minimum atomic E-state index is -0.465. The van der Waals surface area contributed by atoms with Gasteiger partial charge in [-0.1, -0.05) is 12.1 Å². The third kappa shape index (κ3) is 4.93. The number of aromatic nitrogens is 3. The first-order valence-electron chi connectivity index (χ1n) is 10.7. The maximum atomic E-state index is 12.3. The van der Waals surface area contributed by atoms with Crippen molar-refractivity contribution in [1.82, 2.24) is 19.4 Å². The predicted molar refractivity (Wildman–Crippen MR) is 118 cm³/mol. The number of hydrogen-bond acceptors (Lipinski definition) is 5. The van der Waals surface area contributed by atoms with Crippen LogP contribution in [0.5, 0.6) is 0 Å². The van der Waals surface area contributed by atoms with Crippen molar-refractivity contribution in [3.05, 3.63) is 54.0 Å². The summed E-state index contributed by atoms with van der Waals surface area (Å²) in [6.45, 7) is 7.13. The zero-order valence-electron chi connectivity index (χ0n) is 18.2. The van der Waals surface area contributed by atoms with E-state index in [1.165, 1.54) is 5.56 Å². The Hall–Kier alpha value is -3.22. The number of piperidine rings is 1. The van der Waals surface area contributed by atoms with Crippen LogP contribution in [-0.4, -0.2) is 50.5 Å². The van der Waals surface area contributed by atoms with Crippen molar-refractivity contribution < 1.29 is 14.3 Å². The molecule has 1 amide bonds. The van der Waals surface area contributed by atoms with Gasteiger partial charge in [0.25, 0.3) is 0 Å². The normalized spacial score (nSPS) is 15.3. The van der Waals surface area contributed by atoms with Crippen LogP contribution in [-0.2, 0) is 11.2 Å². The second kappa shape index (κ2) is 8.49. The number of benzene rings is 1. The first kappa shape index (κ1) is 21.0. The van der Waals surface area contributed by atoms with Crippen molar-refractivity contribution in [2.75, 3.05) is 13.1 Å². The second-order valence-electron chi connectivity index (χ2n) is 9.10. The van der Waals surface area contributed by atoms with E-state index in [9.17, 15) is 9.59 Å². The molecule has 7 nitrogen and oxygen atoms in total. The number of nitrogens with zero attached hydrogens (tertiary/aromatic N) is 4.